The zero-order valence-electron chi connectivity index (χ0n) is 14.6. The first kappa shape index (κ1) is 18.5. The number of hydrogen-bond donors (Lipinski definition) is 2. The SMILES string of the molecule is CC(=O)Nc1ccc(CC(=O)NCCO[C@H]2CCCC[C@H]2C)cc1. The van der Waals surface area contributed by atoms with Gasteiger partial charge in [-0.15, -0.1) is 0 Å². The quantitative estimate of drug-likeness (QED) is 0.755. The van der Waals surface area contributed by atoms with Gasteiger partial charge in [-0.25, -0.2) is 0 Å². The lowest BCUT2D eigenvalue weighted by Gasteiger charge is -2.28. The molecule has 0 spiro atoms. The van der Waals surface area contributed by atoms with Crippen LogP contribution in [0.25, 0.3) is 0 Å². The number of benzene rings is 1. The number of rotatable bonds is 7. The Labute approximate surface area is 144 Å². The Balaban J connectivity index is 1.65. The summed E-state index contributed by atoms with van der Waals surface area (Å²) in [6.45, 7) is 4.83. The van der Waals surface area contributed by atoms with E-state index in [0.29, 0.717) is 31.6 Å². The molecule has 1 saturated carbocycles. The zero-order valence-corrected chi connectivity index (χ0v) is 14.6. The van der Waals surface area contributed by atoms with Crippen molar-refractivity contribution in [3.05, 3.63) is 29.8 Å². The highest BCUT2D eigenvalue weighted by molar-refractivity contribution is 5.88. The molecule has 2 amide bonds. The molecule has 1 aliphatic carbocycles. The summed E-state index contributed by atoms with van der Waals surface area (Å²) in [6.07, 6.45) is 5.60. The highest BCUT2D eigenvalue weighted by atomic mass is 16.5. The Hall–Kier alpha value is -1.88. The number of amides is 2. The molecule has 0 radical (unpaired) electrons. The first-order valence-electron chi connectivity index (χ1n) is 8.79. The predicted molar refractivity (Wildman–Crippen MR) is 94.8 cm³/mol. The smallest absolute Gasteiger partial charge is 0.224 e. The van der Waals surface area contributed by atoms with E-state index in [1.54, 1.807) is 12.1 Å². The molecule has 1 aromatic rings. The molecule has 24 heavy (non-hydrogen) atoms. The van der Waals surface area contributed by atoms with Crippen LogP contribution in [0.5, 0.6) is 0 Å². The van der Waals surface area contributed by atoms with Crippen molar-refractivity contribution in [1.29, 1.82) is 0 Å². The Morgan fingerprint density at radius 2 is 1.88 bits per heavy atom. The molecule has 1 fully saturated rings. The van der Waals surface area contributed by atoms with Gasteiger partial charge in [-0.05, 0) is 36.5 Å². The minimum absolute atomic E-state index is 0.0115. The van der Waals surface area contributed by atoms with E-state index in [4.69, 9.17) is 4.74 Å². The van der Waals surface area contributed by atoms with Crippen molar-refractivity contribution in [1.82, 2.24) is 5.32 Å². The van der Waals surface area contributed by atoms with Gasteiger partial charge in [-0.1, -0.05) is 31.9 Å². The third-order valence-corrected chi connectivity index (χ3v) is 4.43. The third-order valence-electron chi connectivity index (χ3n) is 4.43. The molecular formula is C19H28N2O3. The van der Waals surface area contributed by atoms with E-state index in [0.717, 1.165) is 17.7 Å². The van der Waals surface area contributed by atoms with Crippen molar-refractivity contribution in [3.63, 3.8) is 0 Å². The van der Waals surface area contributed by atoms with Crippen LogP contribution < -0.4 is 10.6 Å². The molecule has 1 aromatic carbocycles. The third kappa shape index (κ3) is 6.32. The Morgan fingerprint density at radius 3 is 2.54 bits per heavy atom. The van der Waals surface area contributed by atoms with Crippen LogP contribution in [0.15, 0.2) is 24.3 Å². The van der Waals surface area contributed by atoms with Gasteiger partial charge in [0.15, 0.2) is 0 Å². The van der Waals surface area contributed by atoms with E-state index < -0.39 is 0 Å². The van der Waals surface area contributed by atoms with E-state index in [-0.39, 0.29) is 11.8 Å². The minimum atomic E-state index is -0.104. The molecule has 1 aliphatic rings. The van der Waals surface area contributed by atoms with Gasteiger partial charge in [-0.3, -0.25) is 9.59 Å². The Kier molecular flexibility index (Phi) is 7.25. The fourth-order valence-electron chi connectivity index (χ4n) is 3.09. The Bertz CT molecular complexity index is 542. The van der Waals surface area contributed by atoms with Gasteiger partial charge in [0.1, 0.15) is 0 Å². The first-order valence-corrected chi connectivity index (χ1v) is 8.79. The number of carbonyl (C=O) groups is 2. The number of anilines is 1. The number of carbonyl (C=O) groups excluding carboxylic acids is 2. The van der Waals surface area contributed by atoms with Crippen LogP contribution in [0.4, 0.5) is 5.69 Å². The monoisotopic (exact) mass is 332 g/mol. The maximum absolute atomic E-state index is 12.0. The van der Waals surface area contributed by atoms with Crippen molar-refractivity contribution in [2.45, 2.75) is 52.1 Å². The van der Waals surface area contributed by atoms with Gasteiger partial charge >= 0.3 is 0 Å². The van der Waals surface area contributed by atoms with Crippen LogP contribution in [0, 0.1) is 5.92 Å². The van der Waals surface area contributed by atoms with E-state index >= 15 is 0 Å². The van der Waals surface area contributed by atoms with E-state index in [1.807, 2.05) is 12.1 Å². The maximum atomic E-state index is 12.0. The molecule has 5 nitrogen and oxygen atoms in total. The fourth-order valence-corrected chi connectivity index (χ4v) is 3.09. The molecule has 0 aromatic heterocycles. The van der Waals surface area contributed by atoms with E-state index in [9.17, 15) is 9.59 Å². The standard InChI is InChI=1S/C19H28N2O3/c1-14-5-3-4-6-18(14)24-12-11-20-19(23)13-16-7-9-17(10-8-16)21-15(2)22/h7-10,14,18H,3-6,11-13H2,1-2H3,(H,20,23)(H,21,22)/t14-,18+/m1/s1. The fraction of sp³-hybridized carbons (Fsp3) is 0.579. The number of nitrogens with one attached hydrogen (secondary N) is 2. The second kappa shape index (κ2) is 9.42. The summed E-state index contributed by atoms with van der Waals surface area (Å²) in [7, 11) is 0. The molecular weight excluding hydrogens is 304 g/mol. The summed E-state index contributed by atoms with van der Waals surface area (Å²) < 4.78 is 5.89. The van der Waals surface area contributed by atoms with Crippen molar-refractivity contribution in [2.24, 2.45) is 5.92 Å². The lowest BCUT2D eigenvalue weighted by Crippen LogP contribution is -2.32. The van der Waals surface area contributed by atoms with Crippen LogP contribution in [0.3, 0.4) is 0 Å². The van der Waals surface area contributed by atoms with Gasteiger partial charge < -0.3 is 15.4 Å². The lowest BCUT2D eigenvalue weighted by atomic mass is 9.88. The second-order valence-electron chi connectivity index (χ2n) is 6.58. The minimum Gasteiger partial charge on any atom is -0.376 e. The molecule has 5 heteroatoms. The van der Waals surface area contributed by atoms with Crippen molar-refractivity contribution in [3.8, 4) is 0 Å². The Morgan fingerprint density at radius 1 is 1.17 bits per heavy atom. The van der Waals surface area contributed by atoms with Crippen LogP contribution >= 0.6 is 0 Å². The second-order valence-corrected chi connectivity index (χ2v) is 6.58. The van der Waals surface area contributed by atoms with Crippen molar-refractivity contribution < 1.29 is 14.3 Å². The zero-order chi connectivity index (χ0) is 17.4. The van der Waals surface area contributed by atoms with Gasteiger partial charge in [0.05, 0.1) is 19.1 Å². The molecule has 2 N–H and O–H groups in total. The van der Waals surface area contributed by atoms with Gasteiger partial charge in [-0.2, -0.15) is 0 Å². The molecule has 2 rings (SSSR count). The first-order chi connectivity index (χ1) is 11.5. The number of hydrogen-bond acceptors (Lipinski definition) is 3. The predicted octanol–water partition coefficient (Wildman–Crippen LogP) is 2.90. The van der Waals surface area contributed by atoms with Crippen molar-refractivity contribution in [2.75, 3.05) is 18.5 Å². The lowest BCUT2D eigenvalue weighted by molar-refractivity contribution is -0.121. The normalized spacial score (nSPS) is 20.4. The maximum Gasteiger partial charge on any atom is 0.224 e. The summed E-state index contributed by atoms with van der Waals surface area (Å²) >= 11 is 0. The molecule has 0 bridgehead atoms. The topological polar surface area (TPSA) is 67.4 Å². The summed E-state index contributed by atoms with van der Waals surface area (Å²) in [4.78, 5) is 22.9. The van der Waals surface area contributed by atoms with Crippen LogP contribution in [0.2, 0.25) is 0 Å². The van der Waals surface area contributed by atoms with Gasteiger partial charge in [0.2, 0.25) is 11.8 Å². The van der Waals surface area contributed by atoms with Gasteiger partial charge in [0.25, 0.3) is 0 Å². The van der Waals surface area contributed by atoms with Crippen LogP contribution in [-0.2, 0) is 20.7 Å². The van der Waals surface area contributed by atoms with Crippen molar-refractivity contribution >= 4 is 17.5 Å². The molecule has 0 saturated heterocycles. The summed E-state index contributed by atoms with van der Waals surface area (Å²) in [5, 5.41) is 5.60. The number of ether oxygens (including phenoxy) is 1. The van der Waals surface area contributed by atoms with E-state index in [1.165, 1.54) is 26.2 Å². The summed E-state index contributed by atoms with van der Waals surface area (Å²) in [5.74, 6) is 0.506. The molecule has 0 aliphatic heterocycles. The molecule has 0 unspecified atom stereocenters. The largest absolute Gasteiger partial charge is 0.376 e. The highest BCUT2D eigenvalue weighted by Crippen LogP contribution is 2.25. The highest BCUT2D eigenvalue weighted by Gasteiger charge is 2.21. The molecule has 132 valence electrons. The van der Waals surface area contributed by atoms with Crippen LogP contribution in [0.1, 0.15) is 45.1 Å². The average molecular weight is 332 g/mol. The summed E-state index contributed by atoms with van der Waals surface area (Å²) in [5.41, 5.74) is 1.66. The van der Waals surface area contributed by atoms with Crippen LogP contribution in [-0.4, -0.2) is 31.1 Å². The van der Waals surface area contributed by atoms with Gasteiger partial charge in [0, 0.05) is 19.2 Å². The molecule has 2 atom stereocenters. The summed E-state index contributed by atoms with van der Waals surface area (Å²) in [6, 6.07) is 7.31. The average Bonchev–Trinajstić information content (AvgIpc) is 2.54. The molecule has 0 heterocycles. The van der Waals surface area contributed by atoms with E-state index in [2.05, 4.69) is 17.6 Å².